The molecule has 0 amide bonds. The lowest BCUT2D eigenvalue weighted by Crippen LogP contribution is -2.16. The molecule has 1 aliphatic rings. The standard InChI is InChI=1S/C4H8ClO3P/c1-4-2-7-9(5,6)8-3-4/h4H,2-3H2,1H3. The number of hydrogen-bond acceptors (Lipinski definition) is 3. The van der Waals surface area contributed by atoms with Crippen molar-refractivity contribution in [2.75, 3.05) is 13.2 Å². The fourth-order valence-electron chi connectivity index (χ4n) is 0.518. The third-order valence-corrected chi connectivity index (χ3v) is 2.53. The van der Waals surface area contributed by atoms with Gasteiger partial charge in [0.25, 0.3) is 0 Å². The molecule has 0 aromatic rings. The van der Waals surface area contributed by atoms with Crippen LogP contribution in [0.1, 0.15) is 6.92 Å². The van der Waals surface area contributed by atoms with Gasteiger partial charge in [-0.15, -0.1) is 0 Å². The predicted molar refractivity (Wildman–Crippen MR) is 34.5 cm³/mol. The molecule has 0 bridgehead atoms. The van der Waals surface area contributed by atoms with Crippen LogP contribution in [0.4, 0.5) is 0 Å². The van der Waals surface area contributed by atoms with E-state index in [9.17, 15) is 4.57 Å². The van der Waals surface area contributed by atoms with E-state index in [2.05, 4.69) is 9.05 Å². The summed E-state index contributed by atoms with van der Waals surface area (Å²) in [6.07, 6.45) is 0. The number of hydrogen-bond donors (Lipinski definition) is 0. The van der Waals surface area contributed by atoms with Crippen molar-refractivity contribution in [3.63, 3.8) is 0 Å². The Hall–Kier alpha value is 0.440. The molecule has 5 heteroatoms. The van der Waals surface area contributed by atoms with Gasteiger partial charge in [-0.25, -0.2) is 4.57 Å². The molecule has 0 N–H and O–H groups in total. The zero-order valence-electron chi connectivity index (χ0n) is 5.04. The van der Waals surface area contributed by atoms with Gasteiger partial charge in [-0.2, -0.15) is 0 Å². The number of halogens is 1. The molecule has 0 spiro atoms. The van der Waals surface area contributed by atoms with Gasteiger partial charge in [-0.1, -0.05) is 6.92 Å². The van der Waals surface area contributed by atoms with Crippen LogP contribution in [-0.4, -0.2) is 13.2 Å². The minimum absolute atomic E-state index is 0.297. The first kappa shape index (κ1) is 7.55. The summed E-state index contributed by atoms with van der Waals surface area (Å²) in [5.74, 6) is 0.297. The second-order valence-corrected chi connectivity index (χ2v) is 4.75. The molecule has 3 nitrogen and oxygen atoms in total. The summed E-state index contributed by atoms with van der Waals surface area (Å²) in [5.41, 5.74) is 0. The van der Waals surface area contributed by atoms with Gasteiger partial charge in [0, 0.05) is 17.2 Å². The molecule has 54 valence electrons. The Balaban J connectivity index is 2.44. The monoisotopic (exact) mass is 170 g/mol. The summed E-state index contributed by atoms with van der Waals surface area (Å²) >= 11 is 5.25. The first-order valence-electron chi connectivity index (χ1n) is 2.69. The van der Waals surface area contributed by atoms with Crippen molar-refractivity contribution < 1.29 is 13.6 Å². The van der Waals surface area contributed by atoms with Gasteiger partial charge >= 0.3 is 6.95 Å². The van der Waals surface area contributed by atoms with Gasteiger partial charge in [-0.3, -0.25) is 9.05 Å². The molecule has 0 aromatic heterocycles. The van der Waals surface area contributed by atoms with Crippen molar-refractivity contribution >= 4 is 18.2 Å². The maximum Gasteiger partial charge on any atom is 0.424 e. The van der Waals surface area contributed by atoms with E-state index < -0.39 is 6.95 Å². The summed E-state index contributed by atoms with van der Waals surface area (Å²) in [5, 5.41) is 0. The maximum absolute atomic E-state index is 10.7. The largest absolute Gasteiger partial charge is 0.424 e. The van der Waals surface area contributed by atoms with Gasteiger partial charge in [-0.05, 0) is 0 Å². The molecule has 0 saturated carbocycles. The van der Waals surface area contributed by atoms with Gasteiger partial charge in [0.2, 0.25) is 0 Å². The van der Waals surface area contributed by atoms with Gasteiger partial charge < -0.3 is 0 Å². The highest BCUT2D eigenvalue weighted by molar-refractivity contribution is 7.81. The molecule has 1 fully saturated rings. The Kier molecular flexibility index (Phi) is 2.17. The molecule has 1 rings (SSSR count). The minimum Gasteiger partial charge on any atom is -0.297 e. The molecule has 0 aromatic carbocycles. The van der Waals surface area contributed by atoms with Crippen LogP contribution in [-0.2, 0) is 13.6 Å². The molecular weight excluding hydrogens is 162 g/mol. The van der Waals surface area contributed by atoms with E-state index in [0.717, 1.165) is 0 Å². The highest BCUT2D eigenvalue weighted by Gasteiger charge is 2.27. The Morgan fingerprint density at radius 1 is 1.56 bits per heavy atom. The van der Waals surface area contributed by atoms with E-state index >= 15 is 0 Å². The predicted octanol–water partition coefficient (Wildman–Crippen LogP) is 2.02. The van der Waals surface area contributed by atoms with E-state index in [-0.39, 0.29) is 0 Å². The van der Waals surface area contributed by atoms with Crippen LogP contribution < -0.4 is 0 Å². The summed E-state index contributed by atoms with van der Waals surface area (Å²) in [6.45, 7) is -0.349. The van der Waals surface area contributed by atoms with Gasteiger partial charge in [0.1, 0.15) is 0 Å². The normalized spacial score (nSPS) is 44.9. The lowest BCUT2D eigenvalue weighted by molar-refractivity contribution is 0.112. The SMILES string of the molecule is CC1COP(=O)(Cl)OC1. The van der Waals surface area contributed by atoms with Gasteiger partial charge in [0.05, 0.1) is 13.2 Å². The second-order valence-electron chi connectivity index (χ2n) is 2.13. The van der Waals surface area contributed by atoms with Crippen molar-refractivity contribution in [3.8, 4) is 0 Å². The maximum atomic E-state index is 10.7. The van der Waals surface area contributed by atoms with Crippen LogP contribution in [0.2, 0.25) is 0 Å². The smallest absolute Gasteiger partial charge is 0.297 e. The van der Waals surface area contributed by atoms with Crippen LogP contribution in [0.15, 0.2) is 0 Å². The molecule has 0 atom stereocenters. The van der Waals surface area contributed by atoms with Crippen LogP contribution in [0.3, 0.4) is 0 Å². The molecule has 1 saturated heterocycles. The first-order valence-corrected chi connectivity index (χ1v) is 5.14. The third kappa shape index (κ3) is 2.26. The Morgan fingerprint density at radius 2 is 2.00 bits per heavy atom. The highest BCUT2D eigenvalue weighted by atomic mass is 35.7. The average Bonchev–Trinajstić information content (AvgIpc) is 1.78. The van der Waals surface area contributed by atoms with Crippen molar-refractivity contribution in [2.24, 2.45) is 5.92 Å². The fourth-order valence-corrected chi connectivity index (χ4v) is 1.80. The van der Waals surface area contributed by atoms with Crippen molar-refractivity contribution in [2.45, 2.75) is 6.92 Å². The van der Waals surface area contributed by atoms with E-state index in [1.54, 1.807) is 0 Å². The van der Waals surface area contributed by atoms with Crippen molar-refractivity contribution in [3.05, 3.63) is 0 Å². The lowest BCUT2D eigenvalue weighted by atomic mass is 10.2. The summed E-state index contributed by atoms with van der Waals surface area (Å²) < 4.78 is 20.1. The Labute approximate surface area is 58.6 Å². The molecule has 0 aliphatic carbocycles. The average molecular weight is 171 g/mol. The zero-order valence-corrected chi connectivity index (χ0v) is 6.69. The van der Waals surface area contributed by atoms with Gasteiger partial charge in [0.15, 0.2) is 0 Å². The third-order valence-electron chi connectivity index (χ3n) is 1.03. The molecule has 1 aliphatic heterocycles. The Bertz CT molecular complexity index is 137. The highest BCUT2D eigenvalue weighted by Crippen LogP contribution is 2.55. The van der Waals surface area contributed by atoms with Crippen LogP contribution in [0.25, 0.3) is 0 Å². The van der Waals surface area contributed by atoms with E-state index in [0.29, 0.717) is 19.1 Å². The first-order chi connectivity index (χ1) is 4.10. The van der Waals surface area contributed by atoms with Crippen LogP contribution in [0.5, 0.6) is 0 Å². The van der Waals surface area contributed by atoms with E-state index in [1.807, 2.05) is 6.92 Å². The lowest BCUT2D eigenvalue weighted by Gasteiger charge is -2.21. The van der Waals surface area contributed by atoms with E-state index in [1.165, 1.54) is 0 Å². The molecule has 0 unspecified atom stereocenters. The number of rotatable bonds is 0. The Morgan fingerprint density at radius 3 is 2.33 bits per heavy atom. The van der Waals surface area contributed by atoms with Crippen molar-refractivity contribution in [1.82, 2.24) is 0 Å². The summed E-state index contributed by atoms with van der Waals surface area (Å²) in [4.78, 5) is 0. The summed E-state index contributed by atoms with van der Waals surface area (Å²) in [7, 11) is 0. The van der Waals surface area contributed by atoms with Crippen LogP contribution >= 0.6 is 18.2 Å². The minimum atomic E-state index is -3.15. The quantitative estimate of drug-likeness (QED) is 0.522. The van der Waals surface area contributed by atoms with Crippen molar-refractivity contribution in [1.29, 1.82) is 0 Å². The molecule has 9 heavy (non-hydrogen) atoms. The topological polar surface area (TPSA) is 35.5 Å². The molecule has 1 heterocycles. The molecular formula is C4H8ClO3P. The van der Waals surface area contributed by atoms with E-state index in [4.69, 9.17) is 11.2 Å². The summed E-state index contributed by atoms with van der Waals surface area (Å²) in [6, 6.07) is 0. The fraction of sp³-hybridized carbons (Fsp3) is 1.00. The van der Waals surface area contributed by atoms with Crippen LogP contribution in [0, 0.1) is 5.92 Å². The second kappa shape index (κ2) is 2.59. The molecule has 0 radical (unpaired) electrons. The zero-order chi connectivity index (χ0) is 6.91.